The van der Waals surface area contributed by atoms with Crippen LogP contribution in [0.4, 0.5) is 0 Å². The number of hydrogen-bond acceptors (Lipinski definition) is 4. The fourth-order valence-corrected chi connectivity index (χ4v) is 4.00. The number of thiazole rings is 1. The second-order valence-electron chi connectivity index (χ2n) is 4.40. The molecule has 20 heavy (non-hydrogen) atoms. The zero-order valence-electron chi connectivity index (χ0n) is 10.4. The fourth-order valence-electron chi connectivity index (χ4n) is 2.24. The molecule has 3 aromatic heterocycles. The molecular weight excluding hydrogens is 290 g/mol. The molecule has 0 spiro atoms. The van der Waals surface area contributed by atoms with Gasteiger partial charge >= 0.3 is 0 Å². The monoisotopic (exact) mass is 301 g/mol. The van der Waals surface area contributed by atoms with Gasteiger partial charge in [0, 0.05) is 22.5 Å². The number of fused-ring (bicyclic) bond motifs is 2. The summed E-state index contributed by atoms with van der Waals surface area (Å²) in [6.07, 6.45) is 1.94. The number of imidazole rings is 1. The standard InChI is InChI=1S/C14H11N3OS2/c18-8-11-13(16-14-17(11)5-6-19-14)20-12-7-9-3-1-2-4-10(9)15-12/h1-7,15,18H,8H2. The van der Waals surface area contributed by atoms with Crippen molar-refractivity contribution in [2.45, 2.75) is 16.7 Å². The minimum atomic E-state index is -0.0134. The molecule has 4 rings (SSSR count). The zero-order valence-corrected chi connectivity index (χ0v) is 12.0. The molecule has 4 nitrogen and oxygen atoms in total. The Hall–Kier alpha value is -1.76. The zero-order chi connectivity index (χ0) is 13.5. The summed E-state index contributed by atoms with van der Waals surface area (Å²) in [7, 11) is 0. The molecular formula is C14H11N3OS2. The molecule has 4 aromatic rings. The van der Waals surface area contributed by atoms with Crippen LogP contribution in [0.25, 0.3) is 15.9 Å². The molecule has 0 unspecified atom stereocenters. The highest BCUT2D eigenvalue weighted by Crippen LogP contribution is 2.33. The van der Waals surface area contributed by atoms with Crippen molar-refractivity contribution in [1.82, 2.24) is 14.4 Å². The van der Waals surface area contributed by atoms with Crippen LogP contribution >= 0.6 is 23.1 Å². The van der Waals surface area contributed by atoms with Crippen molar-refractivity contribution in [3.8, 4) is 0 Å². The first-order valence-electron chi connectivity index (χ1n) is 6.16. The molecule has 0 saturated heterocycles. The maximum atomic E-state index is 9.56. The lowest BCUT2D eigenvalue weighted by molar-refractivity contribution is 0.272. The number of aromatic amines is 1. The first-order valence-corrected chi connectivity index (χ1v) is 7.85. The number of aliphatic hydroxyl groups excluding tert-OH is 1. The molecule has 0 atom stereocenters. The Balaban J connectivity index is 1.77. The molecule has 0 saturated carbocycles. The summed E-state index contributed by atoms with van der Waals surface area (Å²) in [6.45, 7) is -0.0134. The molecule has 0 amide bonds. The topological polar surface area (TPSA) is 53.3 Å². The van der Waals surface area contributed by atoms with E-state index in [4.69, 9.17) is 0 Å². The van der Waals surface area contributed by atoms with E-state index in [9.17, 15) is 5.11 Å². The van der Waals surface area contributed by atoms with Crippen LogP contribution in [-0.2, 0) is 6.61 Å². The average Bonchev–Trinajstić information content (AvgIpc) is 3.11. The van der Waals surface area contributed by atoms with E-state index in [0.717, 1.165) is 26.2 Å². The summed E-state index contributed by atoms with van der Waals surface area (Å²) < 4.78 is 1.94. The second kappa shape index (κ2) is 4.66. The largest absolute Gasteiger partial charge is 0.390 e. The molecule has 0 aliphatic rings. The van der Waals surface area contributed by atoms with Crippen LogP contribution in [0.1, 0.15) is 5.69 Å². The first-order chi connectivity index (χ1) is 9.85. The van der Waals surface area contributed by atoms with Gasteiger partial charge in [-0.15, -0.1) is 11.3 Å². The van der Waals surface area contributed by atoms with Crippen molar-refractivity contribution in [3.05, 3.63) is 47.6 Å². The smallest absolute Gasteiger partial charge is 0.195 e. The number of para-hydroxylation sites is 1. The second-order valence-corrected chi connectivity index (χ2v) is 6.30. The van der Waals surface area contributed by atoms with E-state index in [1.807, 2.05) is 28.1 Å². The molecule has 0 aliphatic carbocycles. The summed E-state index contributed by atoms with van der Waals surface area (Å²) in [5.74, 6) is 0. The molecule has 1 aromatic carbocycles. The van der Waals surface area contributed by atoms with Gasteiger partial charge < -0.3 is 10.1 Å². The highest BCUT2D eigenvalue weighted by atomic mass is 32.2. The van der Waals surface area contributed by atoms with E-state index in [2.05, 4.69) is 28.2 Å². The number of nitrogens with zero attached hydrogens (tertiary/aromatic N) is 2. The lowest BCUT2D eigenvalue weighted by Crippen LogP contribution is -1.90. The van der Waals surface area contributed by atoms with Crippen LogP contribution in [0.3, 0.4) is 0 Å². The van der Waals surface area contributed by atoms with Crippen LogP contribution in [-0.4, -0.2) is 19.5 Å². The maximum absolute atomic E-state index is 9.56. The Labute approximate surface area is 123 Å². The Kier molecular flexibility index (Phi) is 2.80. The van der Waals surface area contributed by atoms with Crippen LogP contribution in [0.5, 0.6) is 0 Å². The number of aliphatic hydroxyl groups is 1. The van der Waals surface area contributed by atoms with Gasteiger partial charge in [0.15, 0.2) is 4.96 Å². The van der Waals surface area contributed by atoms with E-state index < -0.39 is 0 Å². The van der Waals surface area contributed by atoms with Gasteiger partial charge in [0.05, 0.1) is 17.3 Å². The third kappa shape index (κ3) is 1.84. The van der Waals surface area contributed by atoms with Crippen molar-refractivity contribution in [3.63, 3.8) is 0 Å². The number of benzene rings is 1. The number of nitrogens with one attached hydrogen (secondary N) is 1. The molecule has 3 heterocycles. The molecule has 0 radical (unpaired) electrons. The van der Waals surface area contributed by atoms with Crippen LogP contribution < -0.4 is 0 Å². The molecule has 0 fully saturated rings. The fraction of sp³-hybridized carbons (Fsp3) is 0.0714. The molecule has 100 valence electrons. The van der Waals surface area contributed by atoms with Gasteiger partial charge in [-0.1, -0.05) is 30.0 Å². The van der Waals surface area contributed by atoms with E-state index in [-0.39, 0.29) is 6.61 Å². The van der Waals surface area contributed by atoms with Crippen molar-refractivity contribution < 1.29 is 5.11 Å². The van der Waals surface area contributed by atoms with Crippen molar-refractivity contribution >= 4 is 39.0 Å². The van der Waals surface area contributed by atoms with E-state index in [1.54, 1.807) is 23.1 Å². The number of H-pyrrole nitrogens is 1. The molecule has 2 N–H and O–H groups in total. The van der Waals surface area contributed by atoms with E-state index >= 15 is 0 Å². The van der Waals surface area contributed by atoms with Crippen LogP contribution in [0.2, 0.25) is 0 Å². The minimum absolute atomic E-state index is 0.0134. The number of hydrogen-bond donors (Lipinski definition) is 2. The highest BCUT2D eigenvalue weighted by molar-refractivity contribution is 7.99. The molecule has 6 heteroatoms. The lowest BCUT2D eigenvalue weighted by atomic mass is 10.3. The van der Waals surface area contributed by atoms with Gasteiger partial charge in [0.25, 0.3) is 0 Å². The molecule has 0 aliphatic heterocycles. The van der Waals surface area contributed by atoms with Crippen molar-refractivity contribution in [1.29, 1.82) is 0 Å². The number of aromatic nitrogens is 3. The van der Waals surface area contributed by atoms with Gasteiger partial charge in [-0.2, -0.15) is 0 Å². The van der Waals surface area contributed by atoms with Crippen molar-refractivity contribution in [2.75, 3.05) is 0 Å². The van der Waals surface area contributed by atoms with Gasteiger partial charge in [0.2, 0.25) is 0 Å². The SMILES string of the molecule is OCc1c(Sc2cc3ccccc3[nH]2)nc2sccn12. The van der Waals surface area contributed by atoms with Gasteiger partial charge in [-0.25, -0.2) is 4.98 Å². The van der Waals surface area contributed by atoms with Crippen molar-refractivity contribution in [2.24, 2.45) is 0 Å². The Morgan fingerprint density at radius 2 is 2.25 bits per heavy atom. The predicted octanol–water partition coefficient (Wildman–Crippen LogP) is 3.52. The summed E-state index contributed by atoms with van der Waals surface area (Å²) in [5, 5.41) is 14.6. The normalized spacial score (nSPS) is 11.7. The quantitative estimate of drug-likeness (QED) is 0.609. The maximum Gasteiger partial charge on any atom is 0.195 e. The van der Waals surface area contributed by atoms with E-state index in [0.29, 0.717) is 0 Å². The summed E-state index contributed by atoms with van der Waals surface area (Å²) in [6, 6.07) is 10.3. The third-order valence-corrected chi connectivity index (χ3v) is 4.90. The summed E-state index contributed by atoms with van der Waals surface area (Å²) in [5.41, 5.74) is 1.95. The van der Waals surface area contributed by atoms with E-state index in [1.165, 1.54) is 5.39 Å². The average molecular weight is 301 g/mol. The number of rotatable bonds is 3. The first kappa shape index (κ1) is 12.0. The highest BCUT2D eigenvalue weighted by Gasteiger charge is 2.14. The van der Waals surface area contributed by atoms with Crippen LogP contribution in [0.15, 0.2) is 52.0 Å². The summed E-state index contributed by atoms with van der Waals surface area (Å²) in [4.78, 5) is 8.85. The lowest BCUT2D eigenvalue weighted by Gasteiger charge is -1.98. The minimum Gasteiger partial charge on any atom is -0.390 e. The van der Waals surface area contributed by atoms with Crippen LogP contribution in [0, 0.1) is 0 Å². The molecule has 0 bridgehead atoms. The van der Waals surface area contributed by atoms with Gasteiger partial charge in [-0.3, -0.25) is 4.40 Å². The van der Waals surface area contributed by atoms with Gasteiger partial charge in [0.1, 0.15) is 5.03 Å². The van der Waals surface area contributed by atoms with Gasteiger partial charge in [-0.05, 0) is 12.1 Å². The Bertz CT molecular complexity index is 857. The summed E-state index contributed by atoms with van der Waals surface area (Å²) >= 11 is 3.12. The Morgan fingerprint density at radius 1 is 1.35 bits per heavy atom. The Morgan fingerprint density at radius 3 is 3.10 bits per heavy atom. The third-order valence-electron chi connectivity index (χ3n) is 3.19. The predicted molar refractivity (Wildman–Crippen MR) is 81.4 cm³/mol.